The smallest absolute Gasteiger partial charge is 0.0701 e. The monoisotopic (exact) mass is 284 g/mol. The molecule has 0 unspecified atom stereocenters. The third-order valence-corrected chi connectivity index (χ3v) is 3.96. The molecule has 0 N–H and O–H groups in total. The Balaban J connectivity index is 0.000000250. The van der Waals surface area contributed by atoms with E-state index in [1.54, 1.807) is 4.88 Å². The Kier molecular flexibility index (Phi) is 10.0. The van der Waals surface area contributed by atoms with E-state index in [9.17, 15) is 0 Å². The number of unbranched alkanes of at least 4 members (excludes halogenated alkanes) is 2. The first-order chi connectivity index (χ1) is 9.29. The molecule has 1 saturated heterocycles. The second-order valence-corrected chi connectivity index (χ2v) is 6.33. The molecule has 1 fully saturated rings. The van der Waals surface area contributed by atoms with E-state index in [-0.39, 0.29) is 0 Å². The first-order valence-electron chi connectivity index (χ1n) is 7.47. The molecular formula is C16H28O2S. The molecule has 0 bridgehead atoms. The van der Waals surface area contributed by atoms with E-state index >= 15 is 0 Å². The quantitative estimate of drug-likeness (QED) is 0.714. The molecule has 1 aromatic rings. The van der Waals surface area contributed by atoms with Crippen LogP contribution in [0.4, 0.5) is 0 Å². The van der Waals surface area contributed by atoms with Crippen molar-refractivity contribution in [3.63, 3.8) is 0 Å². The van der Waals surface area contributed by atoms with Crippen molar-refractivity contribution in [2.24, 2.45) is 5.92 Å². The number of hydrogen-bond acceptors (Lipinski definition) is 3. The van der Waals surface area contributed by atoms with Crippen LogP contribution < -0.4 is 0 Å². The zero-order valence-electron chi connectivity index (χ0n) is 12.4. The van der Waals surface area contributed by atoms with Gasteiger partial charge in [0.25, 0.3) is 0 Å². The van der Waals surface area contributed by atoms with Crippen LogP contribution in [0.25, 0.3) is 0 Å². The van der Waals surface area contributed by atoms with Crippen LogP contribution in [-0.4, -0.2) is 26.4 Å². The van der Waals surface area contributed by atoms with Crippen LogP contribution in [0, 0.1) is 5.92 Å². The van der Waals surface area contributed by atoms with Gasteiger partial charge in [-0.05, 0) is 30.2 Å². The lowest BCUT2D eigenvalue weighted by molar-refractivity contribution is -0.0334. The topological polar surface area (TPSA) is 18.5 Å². The molecule has 2 rings (SSSR count). The Bertz CT molecular complexity index is 267. The molecule has 19 heavy (non-hydrogen) atoms. The highest BCUT2D eigenvalue weighted by Gasteiger charge is 1.96. The molecule has 0 aromatic carbocycles. The molecule has 0 atom stereocenters. The summed E-state index contributed by atoms with van der Waals surface area (Å²) in [7, 11) is 0. The van der Waals surface area contributed by atoms with E-state index in [1.165, 1.54) is 32.1 Å². The zero-order chi connectivity index (χ0) is 13.8. The average molecular weight is 284 g/mol. The maximum Gasteiger partial charge on any atom is 0.0701 e. The normalized spacial score (nSPS) is 15.1. The van der Waals surface area contributed by atoms with Gasteiger partial charge in [-0.1, -0.05) is 39.2 Å². The van der Waals surface area contributed by atoms with Gasteiger partial charge < -0.3 is 9.47 Å². The summed E-state index contributed by atoms with van der Waals surface area (Å²) >= 11 is 1.89. The SMILES string of the molecule is C1COCCO1.CC(C)CCCCCc1cccs1. The molecule has 2 heterocycles. The van der Waals surface area contributed by atoms with E-state index in [0.29, 0.717) is 0 Å². The highest BCUT2D eigenvalue weighted by atomic mass is 32.1. The van der Waals surface area contributed by atoms with E-state index in [0.717, 1.165) is 32.3 Å². The number of hydrogen-bond donors (Lipinski definition) is 0. The highest BCUT2D eigenvalue weighted by molar-refractivity contribution is 7.09. The summed E-state index contributed by atoms with van der Waals surface area (Å²) in [6.07, 6.45) is 6.85. The van der Waals surface area contributed by atoms with Gasteiger partial charge in [-0.3, -0.25) is 0 Å². The third-order valence-electron chi connectivity index (χ3n) is 3.03. The van der Waals surface area contributed by atoms with Gasteiger partial charge in [0.15, 0.2) is 0 Å². The van der Waals surface area contributed by atoms with Crippen molar-refractivity contribution in [2.75, 3.05) is 26.4 Å². The Morgan fingerprint density at radius 2 is 1.74 bits per heavy atom. The molecule has 0 amide bonds. The lowest BCUT2D eigenvalue weighted by atomic mass is 10.0. The number of rotatable bonds is 6. The van der Waals surface area contributed by atoms with Crippen molar-refractivity contribution in [1.82, 2.24) is 0 Å². The van der Waals surface area contributed by atoms with Gasteiger partial charge in [0.2, 0.25) is 0 Å². The molecule has 110 valence electrons. The minimum atomic E-state index is 0.778. The van der Waals surface area contributed by atoms with Gasteiger partial charge in [-0.25, -0.2) is 0 Å². The second kappa shape index (κ2) is 11.4. The second-order valence-electron chi connectivity index (χ2n) is 5.30. The Labute approximate surface area is 122 Å². The molecule has 0 aliphatic carbocycles. The van der Waals surface area contributed by atoms with Crippen LogP contribution in [0.2, 0.25) is 0 Å². The fourth-order valence-corrected chi connectivity index (χ4v) is 2.67. The van der Waals surface area contributed by atoms with Crippen LogP contribution >= 0.6 is 11.3 Å². The molecule has 2 nitrogen and oxygen atoms in total. The molecule has 0 spiro atoms. The van der Waals surface area contributed by atoms with Gasteiger partial charge in [0, 0.05) is 4.88 Å². The summed E-state index contributed by atoms with van der Waals surface area (Å²) in [5.41, 5.74) is 0. The largest absolute Gasteiger partial charge is 0.377 e. The predicted molar refractivity (Wildman–Crippen MR) is 83.0 cm³/mol. The third kappa shape index (κ3) is 10.1. The summed E-state index contributed by atoms with van der Waals surface area (Å²) in [6.45, 7) is 7.72. The number of ether oxygens (including phenoxy) is 2. The van der Waals surface area contributed by atoms with E-state index < -0.39 is 0 Å². The molecule has 1 aromatic heterocycles. The lowest BCUT2D eigenvalue weighted by Gasteiger charge is -2.09. The van der Waals surface area contributed by atoms with E-state index in [2.05, 4.69) is 31.4 Å². The van der Waals surface area contributed by atoms with Crippen molar-refractivity contribution in [3.05, 3.63) is 22.4 Å². The summed E-state index contributed by atoms with van der Waals surface area (Å²) in [6, 6.07) is 4.39. The first kappa shape index (κ1) is 16.7. The van der Waals surface area contributed by atoms with Gasteiger partial charge in [-0.2, -0.15) is 0 Å². The van der Waals surface area contributed by atoms with Crippen LogP contribution in [0.15, 0.2) is 17.5 Å². The molecule has 0 saturated carbocycles. The van der Waals surface area contributed by atoms with Crippen LogP contribution in [0.5, 0.6) is 0 Å². The minimum absolute atomic E-state index is 0.778. The molecule has 3 heteroatoms. The summed E-state index contributed by atoms with van der Waals surface area (Å²) in [4.78, 5) is 1.55. The standard InChI is InChI=1S/C12H20S.C4H8O2/c1-11(2)7-4-3-5-8-12-9-6-10-13-12;1-2-6-4-3-5-1/h6,9-11H,3-5,7-8H2,1-2H3;1-4H2. The van der Waals surface area contributed by atoms with Gasteiger partial charge in [0.1, 0.15) is 0 Å². The average Bonchev–Trinajstić information content (AvgIpc) is 2.94. The molecule has 1 aliphatic rings. The van der Waals surface area contributed by atoms with Gasteiger partial charge in [0.05, 0.1) is 26.4 Å². The van der Waals surface area contributed by atoms with Crippen LogP contribution in [-0.2, 0) is 15.9 Å². The minimum Gasteiger partial charge on any atom is -0.377 e. The van der Waals surface area contributed by atoms with Crippen LogP contribution in [0.3, 0.4) is 0 Å². The lowest BCUT2D eigenvalue weighted by Crippen LogP contribution is -2.16. The maximum absolute atomic E-state index is 4.94. The van der Waals surface area contributed by atoms with Crippen LogP contribution in [0.1, 0.15) is 44.4 Å². The maximum atomic E-state index is 4.94. The number of aryl methyl sites for hydroxylation is 1. The van der Waals surface area contributed by atoms with E-state index in [4.69, 9.17) is 9.47 Å². The van der Waals surface area contributed by atoms with Crippen molar-refractivity contribution in [1.29, 1.82) is 0 Å². The Morgan fingerprint density at radius 3 is 2.21 bits per heavy atom. The fourth-order valence-electron chi connectivity index (χ4n) is 1.92. The Morgan fingerprint density at radius 1 is 1.05 bits per heavy atom. The van der Waals surface area contributed by atoms with E-state index in [1.807, 2.05) is 11.3 Å². The Hall–Kier alpha value is -0.380. The highest BCUT2D eigenvalue weighted by Crippen LogP contribution is 2.14. The fraction of sp³-hybridized carbons (Fsp3) is 0.750. The molecule has 1 aliphatic heterocycles. The van der Waals surface area contributed by atoms with Crippen molar-refractivity contribution in [3.8, 4) is 0 Å². The van der Waals surface area contributed by atoms with Gasteiger partial charge >= 0.3 is 0 Å². The summed E-state index contributed by atoms with van der Waals surface area (Å²) < 4.78 is 9.89. The number of thiophene rings is 1. The molecule has 0 radical (unpaired) electrons. The zero-order valence-corrected chi connectivity index (χ0v) is 13.2. The summed E-state index contributed by atoms with van der Waals surface area (Å²) in [5, 5.41) is 2.17. The predicted octanol–water partition coefficient (Wildman–Crippen LogP) is 4.54. The first-order valence-corrected chi connectivity index (χ1v) is 8.35. The summed E-state index contributed by atoms with van der Waals surface area (Å²) in [5.74, 6) is 0.877. The van der Waals surface area contributed by atoms with Crippen molar-refractivity contribution < 1.29 is 9.47 Å². The molecular weight excluding hydrogens is 256 g/mol. The van der Waals surface area contributed by atoms with Crippen molar-refractivity contribution in [2.45, 2.75) is 46.0 Å². The van der Waals surface area contributed by atoms with Gasteiger partial charge in [-0.15, -0.1) is 11.3 Å². The van der Waals surface area contributed by atoms with Crippen molar-refractivity contribution >= 4 is 11.3 Å².